The van der Waals surface area contributed by atoms with E-state index in [0.29, 0.717) is 0 Å². The number of nitrogens with one attached hydrogen (secondary N) is 3. The van der Waals surface area contributed by atoms with Crippen LogP contribution in [-0.4, -0.2) is 25.7 Å². The van der Waals surface area contributed by atoms with Crippen LogP contribution in [0.2, 0.25) is 0 Å². The van der Waals surface area contributed by atoms with Crippen molar-refractivity contribution in [3.8, 4) is 0 Å². The minimum absolute atomic E-state index is 0.0952. The van der Waals surface area contributed by atoms with Gasteiger partial charge in [-0.3, -0.25) is 15.6 Å². The zero-order chi connectivity index (χ0) is 18.4. The van der Waals surface area contributed by atoms with Gasteiger partial charge in [0, 0.05) is 12.1 Å². The molecule has 25 heavy (non-hydrogen) atoms. The average molecular weight is 362 g/mol. The zero-order valence-electron chi connectivity index (χ0n) is 13.8. The van der Waals surface area contributed by atoms with Crippen molar-refractivity contribution in [2.45, 2.75) is 26.8 Å². The van der Waals surface area contributed by atoms with Crippen LogP contribution in [0.15, 0.2) is 30.5 Å². The molecule has 0 unspecified atom stereocenters. The summed E-state index contributed by atoms with van der Waals surface area (Å²) >= 11 is 5.14. The number of hydrazine groups is 1. The van der Waals surface area contributed by atoms with Crippen molar-refractivity contribution in [1.82, 2.24) is 20.6 Å². The lowest BCUT2D eigenvalue weighted by molar-refractivity contribution is -0.389. The maximum atomic E-state index is 11.8. The Hall–Kier alpha value is -3.01. The van der Waals surface area contributed by atoms with Gasteiger partial charge in [-0.1, -0.05) is 12.1 Å². The van der Waals surface area contributed by atoms with E-state index in [2.05, 4.69) is 21.3 Å². The van der Waals surface area contributed by atoms with Crippen LogP contribution in [0.25, 0.3) is 0 Å². The van der Waals surface area contributed by atoms with Gasteiger partial charge in [0.25, 0.3) is 0 Å². The fraction of sp³-hybridized carbons (Fsp3) is 0.267. The summed E-state index contributed by atoms with van der Waals surface area (Å²) in [5.74, 6) is -0.569. The molecule has 132 valence electrons. The molecule has 0 fully saturated rings. The van der Waals surface area contributed by atoms with Crippen molar-refractivity contribution in [3.05, 3.63) is 51.7 Å². The van der Waals surface area contributed by atoms with Gasteiger partial charge in [0.15, 0.2) is 5.11 Å². The zero-order valence-corrected chi connectivity index (χ0v) is 14.6. The van der Waals surface area contributed by atoms with Crippen LogP contribution in [0.3, 0.4) is 0 Å². The highest BCUT2D eigenvalue weighted by Crippen LogP contribution is 2.15. The molecule has 2 aromatic rings. The fourth-order valence-electron chi connectivity index (χ4n) is 2.00. The predicted octanol–water partition coefficient (Wildman–Crippen LogP) is 1.82. The summed E-state index contributed by atoms with van der Waals surface area (Å²) in [6, 6.07) is 7.20. The third-order valence-corrected chi connectivity index (χ3v) is 3.54. The highest BCUT2D eigenvalue weighted by molar-refractivity contribution is 7.80. The molecule has 0 radical (unpaired) electrons. The highest BCUT2D eigenvalue weighted by atomic mass is 32.1. The number of aryl methyl sites for hydroxylation is 3. The van der Waals surface area contributed by atoms with Crippen molar-refractivity contribution in [3.63, 3.8) is 0 Å². The lowest BCUT2D eigenvalue weighted by Crippen LogP contribution is -2.44. The summed E-state index contributed by atoms with van der Waals surface area (Å²) in [6.07, 6.45) is 1.55. The minimum Gasteiger partial charge on any atom is -0.358 e. The summed E-state index contributed by atoms with van der Waals surface area (Å²) in [5, 5.41) is 17.5. The second-order valence-corrected chi connectivity index (χ2v) is 5.80. The number of carbonyl (C=O) groups is 1. The van der Waals surface area contributed by atoms with Gasteiger partial charge in [0.2, 0.25) is 5.91 Å². The lowest BCUT2D eigenvalue weighted by atomic mass is 10.1. The van der Waals surface area contributed by atoms with Crippen LogP contribution in [0.5, 0.6) is 0 Å². The van der Waals surface area contributed by atoms with E-state index in [0.717, 1.165) is 16.8 Å². The molecule has 0 aliphatic carbocycles. The van der Waals surface area contributed by atoms with Gasteiger partial charge < -0.3 is 15.4 Å². The van der Waals surface area contributed by atoms with Gasteiger partial charge in [0.05, 0.1) is 23.9 Å². The molecule has 0 atom stereocenters. The Labute approximate surface area is 149 Å². The van der Waals surface area contributed by atoms with Crippen molar-refractivity contribution >= 4 is 34.7 Å². The molecule has 1 amide bonds. The SMILES string of the molecule is Cc1ccc(C)c(NC(=S)NNC(=O)CCn2ccc([N+](=O)[O-])n2)c1. The first-order valence-corrected chi connectivity index (χ1v) is 7.87. The van der Waals surface area contributed by atoms with Gasteiger partial charge >= 0.3 is 5.82 Å². The number of nitro groups is 1. The summed E-state index contributed by atoms with van der Waals surface area (Å²) in [7, 11) is 0. The summed E-state index contributed by atoms with van der Waals surface area (Å²) in [5.41, 5.74) is 8.07. The second-order valence-electron chi connectivity index (χ2n) is 5.39. The average Bonchev–Trinajstić information content (AvgIpc) is 3.04. The Morgan fingerprint density at radius 1 is 1.32 bits per heavy atom. The third-order valence-electron chi connectivity index (χ3n) is 3.34. The molecule has 0 saturated carbocycles. The van der Waals surface area contributed by atoms with Gasteiger partial charge in [-0.25, -0.2) is 0 Å². The molecule has 0 aliphatic heterocycles. The van der Waals surface area contributed by atoms with E-state index in [9.17, 15) is 14.9 Å². The number of carbonyl (C=O) groups excluding carboxylic acids is 1. The number of hydrogen-bond acceptors (Lipinski definition) is 5. The lowest BCUT2D eigenvalue weighted by Gasteiger charge is -2.13. The molecular weight excluding hydrogens is 344 g/mol. The van der Waals surface area contributed by atoms with Crippen LogP contribution in [0, 0.1) is 24.0 Å². The number of nitrogens with zero attached hydrogens (tertiary/aromatic N) is 3. The maximum Gasteiger partial charge on any atom is 0.389 e. The van der Waals surface area contributed by atoms with Gasteiger partial charge in [0.1, 0.15) is 0 Å². The topological polar surface area (TPSA) is 114 Å². The Morgan fingerprint density at radius 2 is 2.08 bits per heavy atom. The molecule has 1 heterocycles. The molecule has 1 aromatic carbocycles. The van der Waals surface area contributed by atoms with Crippen molar-refractivity contribution in [2.75, 3.05) is 5.32 Å². The molecule has 3 N–H and O–H groups in total. The van der Waals surface area contributed by atoms with E-state index in [4.69, 9.17) is 12.2 Å². The van der Waals surface area contributed by atoms with Gasteiger partial charge in [-0.2, -0.15) is 4.68 Å². The molecule has 0 bridgehead atoms. The second kappa shape index (κ2) is 8.20. The van der Waals surface area contributed by atoms with E-state index in [-0.39, 0.29) is 29.8 Å². The quantitative estimate of drug-likeness (QED) is 0.422. The maximum absolute atomic E-state index is 11.8. The van der Waals surface area contributed by atoms with E-state index in [1.165, 1.54) is 16.9 Å². The first-order chi connectivity index (χ1) is 11.8. The summed E-state index contributed by atoms with van der Waals surface area (Å²) < 4.78 is 1.34. The van der Waals surface area contributed by atoms with Crippen LogP contribution >= 0.6 is 12.2 Å². The number of benzene rings is 1. The number of anilines is 1. The number of hydrogen-bond donors (Lipinski definition) is 3. The molecule has 9 nitrogen and oxygen atoms in total. The molecule has 10 heteroatoms. The standard InChI is InChI=1S/C15H18N6O3S/c1-10-3-4-11(2)12(9-10)16-15(25)18-17-14(22)6-8-20-7-5-13(19-20)21(23)24/h3-5,7,9H,6,8H2,1-2H3,(H,17,22)(H2,16,18,25). The molecule has 0 spiro atoms. The monoisotopic (exact) mass is 362 g/mol. The van der Waals surface area contributed by atoms with Crippen molar-refractivity contribution in [2.24, 2.45) is 0 Å². The van der Waals surface area contributed by atoms with Crippen LogP contribution in [0.4, 0.5) is 11.5 Å². The normalized spacial score (nSPS) is 10.2. The van der Waals surface area contributed by atoms with E-state index >= 15 is 0 Å². The van der Waals surface area contributed by atoms with Crippen LogP contribution in [-0.2, 0) is 11.3 Å². The Morgan fingerprint density at radius 3 is 2.76 bits per heavy atom. The fourth-order valence-corrected chi connectivity index (χ4v) is 2.16. The largest absolute Gasteiger partial charge is 0.389 e. The van der Waals surface area contributed by atoms with Gasteiger partial charge in [-0.15, -0.1) is 0 Å². The van der Waals surface area contributed by atoms with Crippen molar-refractivity contribution in [1.29, 1.82) is 0 Å². The Balaban J connectivity index is 1.76. The smallest absolute Gasteiger partial charge is 0.358 e. The van der Waals surface area contributed by atoms with E-state index < -0.39 is 4.92 Å². The number of aromatic nitrogens is 2. The van der Waals surface area contributed by atoms with Gasteiger partial charge in [-0.05, 0) is 48.2 Å². The summed E-state index contributed by atoms with van der Waals surface area (Å²) in [4.78, 5) is 21.8. The Bertz CT molecular complexity index is 804. The first-order valence-electron chi connectivity index (χ1n) is 7.46. The van der Waals surface area contributed by atoms with Crippen LogP contribution < -0.4 is 16.2 Å². The highest BCUT2D eigenvalue weighted by Gasteiger charge is 2.12. The molecule has 0 aliphatic rings. The van der Waals surface area contributed by atoms with Crippen molar-refractivity contribution < 1.29 is 9.72 Å². The molecular formula is C15H18N6O3S. The van der Waals surface area contributed by atoms with Crippen LogP contribution in [0.1, 0.15) is 17.5 Å². The Kier molecular flexibility index (Phi) is 6.01. The van der Waals surface area contributed by atoms with E-state index in [1.807, 2.05) is 32.0 Å². The van der Waals surface area contributed by atoms with E-state index in [1.54, 1.807) is 0 Å². The number of thiocarbonyl (C=S) groups is 1. The predicted molar refractivity (Wildman–Crippen MR) is 96.9 cm³/mol. The molecule has 0 saturated heterocycles. The molecule has 2 rings (SSSR count). The minimum atomic E-state index is -0.588. The third kappa shape index (κ3) is 5.53. The number of rotatable bonds is 5. The first kappa shape index (κ1) is 18.3. The summed E-state index contributed by atoms with van der Waals surface area (Å²) in [6.45, 7) is 4.15. The molecule has 1 aromatic heterocycles. The number of amides is 1.